The molecular formula is C28H25BrN2O7. The first kappa shape index (κ1) is 26.9. The Morgan fingerprint density at radius 1 is 0.895 bits per heavy atom. The van der Waals surface area contributed by atoms with Gasteiger partial charge in [-0.15, -0.1) is 0 Å². The highest BCUT2D eigenvalue weighted by Gasteiger charge is 2.38. The summed E-state index contributed by atoms with van der Waals surface area (Å²) in [5.74, 6) is -2.04. The van der Waals surface area contributed by atoms with Crippen molar-refractivity contribution in [1.29, 1.82) is 0 Å². The molecule has 9 nitrogen and oxygen atoms in total. The van der Waals surface area contributed by atoms with Gasteiger partial charge in [0.1, 0.15) is 5.52 Å². The van der Waals surface area contributed by atoms with Gasteiger partial charge in [-0.2, -0.15) is 0 Å². The van der Waals surface area contributed by atoms with E-state index in [2.05, 4.69) is 25.7 Å². The number of fused-ring (bicyclic) bond motifs is 2. The molecule has 1 aliphatic heterocycles. The summed E-state index contributed by atoms with van der Waals surface area (Å²) < 4.78 is 16.4. The fraction of sp³-hybridized carbons (Fsp3) is 0.214. The van der Waals surface area contributed by atoms with Gasteiger partial charge in [-0.1, -0.05) is 24.3 Å². The number of alkyl halides is 1. The maximum Gasteiger partial charge on any atom is 0.347 e. The van der Waals surface area contributed by atoms with Crippen molar-refractivity contribution in [1.82, 2.24) is 9.55 Å². The van der Waals surface area contributed by atoms with Crippen LogP contribution in [0.4, 0.5) is 0 Å². The number of aromatic amines is 1. The van der Waals surface area contributed by atoms with Crippen molar-refractivity contribution in [2.24, 2.45) is 0 Å². The molecule has 2 aromatic heterocycles. The Hall–Kier alpha value is -4.18. The van der Waals surface area contributed by atoms with Gasteiger partial charge in [-0.05, 0) is 53.0 Å². The summed E-state index contributed by atoms with van der Waals surface area (Å²) in [6.45, 7) is 6.58. The van der Waals surface area contributed by atoms with Crippen molar-refractivity contribution in [3.63, 3.8) is 0 Å². The number of aromatic nitrogens is 2. The standard InChI is InChI=1S/C25H20N2O5.C3H5BrO2/c1-13-6-4-8-18-20(13)16(10-26-18)22-23(25(30)32-24(22)29)17-11-27(12-31-15(3)28)19-9-5-7-14(2)21(17)19;1-3(5)6-2-4/h4-11,26H,12H2,1-3H3;2H2,1H3. The van der Waals surface area contributed by atoms with Crippen LogP contribution < -0.4 is 0 Å². The summed E-state index contributed by atoms with van der Waals surface area (Å²) >= 11 is 2.91. The normalized spacial score (nSPS) is 13.0. The second-order valence-electron chi connectivity index (χ2n) is 8.62. The zero-order valence-corrected chi connectivity index (χ0v) is 22.8. The maximum atomic E-state index is 12.9. The highest BCUT2D eigenvalue weighted by atomic mass is 79.9. The van der Waals surface area contributed by atoms with Gasteiger partial charge >= 0.3 is 23.9 Å². The van der Waals surface area contributed by atoms with E-state index in [0.717, 1.165) is 32.9 Å². The topological polar surface area (TPSA) is 117 Å². The van der Waals surface area contributed by atoms with E-state index in [1.54, 1.807) is 17.0 Å². The van der Waals surface area contributed by atoms with Gasteiger partial charge in [0.2, 0.25) is 0 Å². The van der Waals surface area contributed by atoms with E-state index in [1.807, 2.05) is 50.2 Å². The van der Waals surface area contributed by atoms with Crippen molar-refractivity contribution >= 4 is 72.8 Å². The fourth-order valence-corrected chi connectivity index (χ4v) is 4.83. The van der Waals surface area contributed by atoms with E-state index in [1.165, 1.54) is 13.8 Å². The maximum absolute atomic E-state index is 12.9. The second-order valence-corrected chi connectivity index (χ2v) is 9.08. The van der Waals surface area contributed by atoms with E-state index in [0.29, 0.717) is 16.6 Å². The Morgan fingerprint density at radius 2 is 1.50 bits per heavy atom. The van der Waals surface area contributed by atoms with E-state index >= 15 is 0 Å². The number of esters is 4. The van der Waals surface area contributed by atoms with Crippen molar-refractivity contribution < 1.29 is 33.4 Å². The van der Waals surface area contributed by atoms with Crippen molar-refractivity contribution in [2.45, 2.75) is 34.4 Å². The number of rotatable bonds is 5. The molecule has 3 heterocycles. The molecule has 0 amide bonds. The van der Waals surface area contributed by atoms with Gasteiger partial charge in [0.25, 0.3) is 0 Å². The minimum absolute atomic E-state index is 0.00686. The number of nitrogens with one attached hydrogen (secondary N) is 1. The summed E-state index contributed by atoms with van der Waals surface area (Å²) in [7, 11) is 0. The van der Waals surface area contributed by atoms with Gasteiger partial charge in [-0.25, -0.2) is 9.59 Å². The van der Waals surface area contributed by atoms with Gasteiger partial charge in [0.15, 0.2) is 6.73 Å². The molecule has 0 atom stereocenters. The minimum atomic E-state index is -0.692. The Labute approximate surface area is 226 Å². The van der Waals surface area contributed by atoms with E-state index < -0.39 is 17.9 Å². The van der Waals surface area contributed by atoms with E-state index in [9.17, 15) is 19.2 Å². The van der Waals surface area contributed by atoms with Crippen LogP contribution >= 0.6 is 15.9 Å². The highest BCUT2D eigenvalue weighted by molar-refractivity contribution is 9.09. The third kappa shape index (κ3) is 5.12. The molecule has 0 aliphatic carbocycles. The first-order chi connectivity index (χ1) is 18.1. The lowest BCUT2D eigenvalue weighted by molar-refractivity contribution is -0.149. The molecule has 1 aliphatic rings. The molecule has 1 N–H and O–H groups in total. The summed E-state index contributed by atoms with van der Waals surface area (Å²) in [6.07, 6.45) is 3.47. The average molecular weight is 581 g/mol. The number of H-pyrrole nitrogens is 1. The van der Waals surface area contributed by atoms with Crippen molar-refractivity contribution in [3.05, 3.63) is 71.0 Å². The SMILES string of the molecule is CC(=O)OCBr.CC(=O)OCn1cc(C2=C(c3c[nH]c4cccc(C)c34)C(=O)OC2=O)c2c(C)cccc21. The number of nitrogens with zero attached hydrogens (tertiary/aromatic N) is 1. The molecule has 0 fully saturated rings. The molecule has 0 radical (unpaired) electrons. The van der Waals surface area contributed by atoms with Crippen LogP contribution in [0.5, 0.6) is 0 Å². The number of halogens is 1. The molecule has 0 spiro atoms. The zero-order chi connectivity index (χ0) is 27.6. The lowest BCUT2D eigenvalue weighted by Gasteiger charge is -2.05. The summed E-state index contributed by atoms with van der Waals surface area (Å²) in [4.78, 5) is 50.2. The Kier molecular flexibility index (Phi) is 7.82. The monoisotopic (exact) mass is 580 g/mol. The molecule has 5 rings (SSSR count). The van der Waals surface area contributed by atoms with Crippen molar-refractivity contribution in [2.75, 3.05) is 5.52 Å². The van der Waals surface area contributed by atoms with Gasteiger partial charge in [0, 0.05) is 53.7 Å². The number of ether oxygens (including phenoxy) is 3. The fourth-order valence-electron chi connectivity index (χ4n) is 4.51. The summed E-state index contributed by atoms with van der Waals surface area (Å²) in [5.41, 5.74) is 5.48. The lowest BCUT2D eigenvalue weighted by Crippen LogP contribution is -2.05. The van der Waals surface area contributed by atoms with Crippen LogP contribution in [0.3, 0.4) is 0 Å². The van der Waals surface area contributed by atoms with Gasteiger partial charge < -0.3 is 23.8 Å². The zero-order valence-electron chi connectivity index (χ0n) is 21.2. The van der Waals surface area contributed by atoms with Crippen LogP contribution in [-0.2, 0) is 40.1 Å². The third-order valence-corrected chi connectivity index (χ3v) is 6.30. The van der Waals surface area contributed by atoms with Crippen LogP contribution in [0.25, 0.3) is 33.0 Å². The minimum Gasteiger partial charge on any atom is -0.454 e. The highest BCUT2D eigenvalue weighted by Crippen LogP contribution is 2.41. The molecule has 0 saturated heterocycles. The van der Waals surface area contributed by atoms with Crippen LogP contribution in [0, 0.1) is 13.8 Å². The summed E-state index contributed by atoms with van der Waals surface area (Å²) in [5, 5.41) is 1.67. The predicted octanol–water partition coefficient (Wildman–Crippen LogP) is 5.16. The molecular weight excluding hydrogens is 556 g/mol. The molecule has 4 aromatic rings. The molecule has 2 aromatic carbocycles. The summed E-state index contributed by atoms with van der Waals surface area (Å²) in [6, 6.07) is 11.5. The quantitative estimate of drug-likeness (QED) is 0.150. The molecule has 0 saturated carbocycles. The number of carbonyl (C=O) groups is 4. The largest absolute Gasteiger partial charge is 0.454 e. The number of hydrogen-bond acceptors (Lipinski definition) is 7. The van der Waals surface area contributed by atoms with Gasteiger partial charge in [0.05, 0.1) is 16.7 Å². The van der Waals surface area contributed by atoms with Crippen LogP contribution in [0.2, 0.25) is 0 Å². The van der Waals surface area contributed by atoms with E-state index in [4.69, 9.17) is 9.47 Å². The average Bonchev–Trinajstić information content (AvgIpc) is 3.52. The number of hydrogen-bond donors (Lipinski definition) is 1. The molecule has 196 valence electrons. The van der Waals surface area contributed by atoms with Crippen LogP contribution in [0.1, 0.15) is 36.1 Å². The lowest BCUT2D eigenvalue weighted by atomic mass is 9.93. The molecule has 0 unspecified atom stereocenters. The number of aryl methyl sites for hydroxylation is 2. The molecule has 0 bridgehead atoms. The Balaban J connectivity index is 0.000000505. The molecule has 10 heteroatoms. The molecule has 38 heavy (non-hydrogen) atoms. The van der Waals surface area contributed by atoms with Gasteiger partial charge in [-0.3, -0.25) is 9.59 Å². The number of benzene rings is 2. The first-order valence-electron chi connectivity index (χ1n) is 11.6. The van der Waals surface area contributed by atoms with E-state index in [-0.39, 0.29) is 23.8 Å². The number of cyclic esters (lactones) is 2. The van der Waals surface area contributed by atoms with Crippen molar-refractivity contribution in [3.8, 4) is 0 Å². The third-order valence-electron chi connectivity index (χ3n) is 6.08. The number of carbonyl (C=O) groups excluding carboxylic acids is 4. The predicted molar refractivity (Wildman–Crippen MR) is 145 cm³/mol. The Bertz CT molecular complexity index is 1630. The Morgan fingerprint density at radius 3 is 2.11 bits per heavy atom. The smallest absolute Gasteiger partial charge is 0.347 e. The second kappa shape index (κ2) is 11.1. The van der Waals surface area contributed by atoms with Crippen LogP contribution in [0.15, 0.2) is 48.8 Å². The van der Waals surface area contributed by atoms with Crippen LogP contribution in [-0.4, -0.2) is 38.9 Å². The first-order valence-corrected chi connectivity index (χ1v) is 12.8.